The van der Waals surface area contributed by atoms with Gasteiger partial charge in [0.05, 0.1) is 24.6 Å². The van der Waals surface area contributed by atoms with Gasteiger partial charge in [0.1, 0.15) is 12.4 Å². The van der Waals surface area contributed by atoms with E-state index >= 15 is 0 Å². The fourth-order valence-electron chi connectivity index (χ4n) is 4.58. The maximum atomic E-state index is 14.2. The smallest absolute Gasteiger partial charge is 0.243 e. The third kappa shape index (κ3) is 5.66. The third-order valence-electron chi connectivity index (χ3n) is 6.82. The number of rotatable bonds is 10. The number of hydrogen-bond donors (Lipinski definition) is 0. The quantitative estimate of drug-likeness (QED) is 0.376. The van der Waals surface area contributed by atoms with E-state index in [0.29, 0.717) is 25.3 Å². The van der Waals surface area contributed by atoms with Gasteiger partial charge in [0.25, 0.3) is 0 Å². The number of benzene rings is 2. The summed E-state index contributed by atoms with van der Waals surface area (Å²) >= 11 is 1.62. The van der Waals surface area contributed by atoms with Gasteiger partial charge in [-0.3, -0.25) is 4.79 Å². The van der Waals surface area contributed by atoms with Crippen LogP contribution in [0.4, 0.5) is 4.39 Å². The van der Waals surface area contributed by atoms with Gasteiger partial charge in [-0.05, 0) is 78.6 Å². The van der Waals surface area contributed by atoms with Crippen molar-refractivity contribution in [2.24, 2.45) is 5.92 Å². The summed E-state index contributed by atoms with van der Waals surface area (Å²) in [5.41, 5.74) is 0.965. The minimum Gasteiger partial charge on any atom is -0.497 e. The van der Waals surface area contributed by atoms with Crippen LogP contribution >= 0.6 is 11.3 Å². The Balaban J connectivity index is 1.37. The first-order valence-corrected chi connectivity index (χ1v) is 14.6. The highest BCUT2D eigenvalue weighted by Gasteiger charge is 2.37. The lowest BCUT2D eigenvalue weighted by molar-refractivity contribution is -0.135. The van der Waals surface area contributed by atoms with E-state index in [1.165, 1.54) is 29.6 Å². The minimum atomic E-state index is -3.89. The van der Waals surface area contributed by atoms with Crippen molar-refractivity contribution in [3.63, 3.8) is 0 Å². The number of nitrogens with zero attached hydrogens (tertiary/aromatic N) is 2. The number of thiophene rings is 1. The summed E-state index contributed by atoms with van der Waals surface area (Å²) in [5, 5.41) is 1.97. The van der Waals surface area contributed by atoms with Gasteiger partial charge < -0.3 is 14.4 Å². The monoisotopic (exact) mass is 544 g/mol. The molecule has 0 bridgehead atoms. The molecule has 0 radical (unpaired) electrons. The summed E-state index contributed by atoms with van der Waals surface area (Å²) in [4.78, 5) is 16.6. The molecule has 1 fully saturated rings. The molecule has 10 heteroatoms. The van der Waals surface area contributed by atoms with Crippen molar-refractivity contribution in [1.29, 1.82) is 0 Å². The van der Waals surface area contributed by atoms with E-state index in [1.54, 1.807) is 46.6 Å². The number of para-hydroxylation sites is 1. The first kappa shape index (κ1) is 25.7. The maximum absolute atomic E-state index is 14.2. The summed E-state index contributed by atoms with van der Waals surface area (Å²) in [7, 11) is -2.37. The first-order chi connectivity index (χ1) is 17.9. The molecule has 2 aromatic carbocycles. The molecule has 1 unspecified atom stereocenters. The van der Waals surface area contributed by atoms with Crippen LogP contribution < -0.4 is 9.47 Å². The molecule has 1 atom stereocenters. The Hall–Kier alpha value is -2.95. The fourth-order valence-corrected chi connectivity index (χ4v) is 6.97. The summed E-state index contributed by atoms with van der Waals surface area (Å²) in [6.45, 7) is 0.552. The SMILES string of the molecule is COc1ccc(S(=O)(=O)N(CC(=O)N2CCc3sccc3C2COc2ccccc2F)CC2CC2)cc1. The highest BCUT2D eigenvalue weighted by molar-refractivity contribution is 7.89. The summed E-state index contributed by atoms with van der Waals surface area (Å²) < 4.78 is 53.6. The van der Waals surface area contributed by atoms with Gasteiger partial charge in [-0.2, -0.15) is 4.31 Å². The molecular weight excluding hydrogens is 515 g/mol. The molecule has 1 aromatic heterocycles. The largest absolute Gasteiger partial charge is 0.497 e. The number of sulfonamides is 1. The number of methoxy groups -OCH3 is 1. The Bertz CT molecular complexity index is 1360. The summed E-state index contributed by atoms with van der Waals surface area (Å²) in [6.07, 6.45) is 2.58. The van der Waals surface area contributed by atoms with Crippen LogP contribution in [0.5, 0.6) is 11.5 Å². The zero-order valence-electron chi connectivity index (χ0n) is 20.5. The number of carbonyl (C=O) groups excluding carboxylic acids is 1. The summed E-state index contributed by atoms with van der Waals surface area (Å²) in [5.74, 6) is 0.168. The molecule has 1 aliphatic carbocycles. The lowest BCUT2D eigenvalue weighted by Crippen LogP contribution is -2.48. The zero-order chi connectivity index (χ0) is 26.0. The van der Waals surface area contributed by atoms with Gasteiger partial charge in [0.15, 0.2) is 11.6 Å². The number of hydrogen-bond acceptors (Lipinski definition) is 6. The number of ether oxygens (including phenoxy) is 2. The summed E-state index contributed by atoms with van der Waals surface area (Å²) in [6, 6.07) is 13.9. The molecule has 1 aliphatic heterocycles. The Morgan fingerprint density at radius 2 is 1.89 bits per heavy atom. The topological polar surface area (TPSA) is 76.2 Å². The number of amides is 1. The highest BCUT2D eigenvalue weighted by atomic mass is 32.2. The van der Waals surface area contributed by atoms with E-state index in [-0.39, 0.29) is 35.6 Å². The lowest BCUT2D eigenvalue weighted by Gasteiger charge is -2.37. The van der Waals surface area contributed by atoms with E-state index in [2.05, 4.69) is 0 Å². The average molecular weight is 545 g/mol. The molecule has 7 nitrogen and oxygen atoms in total. The van der Waals surface area contributed by atoms with Crippen LogP contribution in [0.3, 0.4) is 0 Å². The van der Waals surface area contributed by atoms with E-state index in [9.17, 15) is 17.6 Å². The molecule has 1 amide bonds. The normalized spacial score (nSPS) is 17.5. The highest BCUT2D eigenvalue weighted by Crippen LogP contribution is 2.35. The Kier molecular flexibility index (Phi) is 7.50. The van der Waals surface area contributed by atoms with E-state index < -0.39 is 21.9 Å². The first-order valence-electron chi connectivity index (χ1n) is 12.2. The number of carbonyl (C=O) groups is 1. The predicted molar refractivity (Wildman–Crippen MR) is 139 cm³/mol. The van der Waals surface area contributed by atoms with Crippen molar-refractivity contribution in [3.8, 4) is 11.5 Å². The molecule has 0 spiro atoms. The Morgan fingerprint density at radius 3 is 2.59 bits per heavy atom. The molecule has 2 heterocycles. The van der Waals surface area contributed by atoms with Crippen LogP contribution in [0.2, 0.25) is 0 Å². The molecule has 3 aromatic rings. The molecule has 196 valence electrons. The maximum Gasteiger partial charge on any atom is 0.243 e. The van der Waals surface area contributed by atoms with Crippen molar-refractivity contribution in [2.75, 3.05) is 33.4 Å². The second-order valence-corrected chi connectivity index (χ2v) is 12.2. The van der Waals surface area contributed by atoms with Gasteiger partial charge in [-0.25, -0.2) is 12.8 Å². The van der Waals surface area contributed by atoms with Crippen LogP contribution in [-0.4, -0.2) is 56.9 Å². The second-order valence-electron chi connectivity index (χ2n) is 9.31. The zero-order valence-corrected chi connectivity index (χ0v) is 22.1. The molecule has 5 rings (SSSR count). The van der Waals surface area contributed by atoms with Crippen molar-refractivity contribution < 1.29 is 27.1 Å². The van der Waals surface area contributed by atoms with Gasteiger partial charge in [0.2, 0.25) is 15.9 Å². The molecule has 0 N–H and O–H groups in total. The molecule has 2 aliphatic rings. The van der Waals surface area contributed by atoms with E-state index in [0.717, 1.165) is 23.3 Å². The average Bonchev–Trinajstić information content (AvgIpc) is 3.60. The number of halogens is 1. The van der Waals surface area contributed by atoms with Crippen molar-refractivity contribution >= 4 is 27.3 Å². The standard InChI is InChI=1S/C27H29FN2O5S2/c1-34-20-8-10-21(11-9-20)37(32,33)29(16-19-6-7-19)17-27(31)30-14-12-26-22(13-15-36-26)24(30)18-35-25-5-3-2-4-23(25)28/h2-5,8-11,13,15,19,24H,6-7,12,14,16-18H2,1H3. The molecule has 37 heavy (non-hydrogen) atoms. The van der Waals surface area contributed by atoms with Gasteiger partial charge in [-0.15, -0.1) is 11.3 Å². The fraction of sp³-hybridized carbons (Fsp3) is 0.370. The Morgan fingerprint density at radius 1 is 1.14 bits per heavy atom. The van der Waals surface area contributed by atoms with Gasteiger partial charge >= 0.3 is 0 Å². The van der Waals surface area contributed by atoms with Crippen LogP contribution in [0.15, 0.2) is 64.9 Å². The molecular formula is C27H29FN2O5S2. The minimum absolute atomic E-state index is 0.0737. The van der Waals surface area contributed by atoms with Crippen molar-refractivity contribution in [3.05, 3.63) is 76.2 Å². The molecule has 1 saturated carbocycles. The van der Waals surface area contributed by atoms with E-state index in [1.807, 2.05) is 11.4 Å². The van der Waals surface area contributed by atoms with Crippen molar-refractivity contribution in [1.82, 2.24) is 9.21 Å². The lowest BCUT2D eigenvalue weighted by atomic mass is 10.0. The van der Waals surface area contributed by atoms with Gasteiger partial charge in [-0.1, -0.05) is 12.1 Å². The predicted octanol–water partition coefficient (Wildman–Crippen LogP) is 4.50. The second kappa shape index (κ2) is 10.8. The van der Waals surface area contributed by atoms with Crippen LogP contribution in [0.1, 0.15) is 29.3 Å². The molecule has 0 saturated heterocycles. The third-order valence-corrected chi connectivity index (χ3v) is 9.64. The van der Waals surface area contributed by atoms with Gasteiger partial charge in [0, 0.05) is 18.0 Å². The van der Waals surface area contributed by atoms with Crippen LogP contribution in [-0.2, 0) is 21.2 Å². The van der Waals surface area contributed by atoms with Crippen molar-refractivity contribution in [2.45, 2.75) is 30.2 Å². The Labute approximate surface area is 220 Å². The van der Waals surface area contributed by atoms with E-state index in [4.69, 9.17) is 9.47 Å². The van der Waals surface area contributed by atoms with Crippen LogP contribution in [0, 0.1) is 11.7 Å². The number of fused-ring (bicyclic) bond motifs is 1. The van der Waals surface area contributed by atoms with Crippen LogP contribution in [0.25, 0.3) is 0 Å².